The minimum atomic E-state index is -0.0996. The predicted molar refractivity (Wildman–Crippen MR) is 46.8 cm³/mol. The number of halogens is 1. The molecule has 12 heavy (non-hydrogen) atoms. The highest BCUT2D eigenvalue weighted by Crippen LogP contribution is 2.17. The number of carbonyl (C=O) groups excluding carboxylic acids is 2. The van der Waals surface area contributed by atoms with Gasteiger partial charge in [-0.15, -0.1) is 0 Å². The fraction of sp³-hybridized carbons (Fsp3) is 0.111. The Balaban J connectivity index is 3.20. The highest BCUT2D eigenvalue weighted by Gasteiger charge is 2.04. The monoisotopic (exact) mass is 182 g/mol. The molecule has 0 aliphatic rings. The largest absolute Gasteiger partial charge is 0.298 e. The summed E-state index contributed by atoms with van der Waals surface area (Å²) in [6, 6.07) is 4.59. The van der Waals surface area contributed by atoms with E-state index in [9.17, 15) is 9.59 Å². The SMILES string of the molecule is CC(=O)c1ccc(C=O)cc1Cl. The molecule has 0 bridgehead atoms. The van der Waals surface area contributed by atoms with Gasteiger partial charge in [0, 0.05) is 11.1 Å². The highest BCUT2D eigenvalue weighted by molar-refractivity contribution is 6.34. The van der Waals surface area contributed by atoms with E-state index in [1.807, 2.05) is 0 Å². The molecule has 0 saturated heterocycles. The van der Waals surface area contributed by atoms with Crippen molar-refractivity contribution in [2.75, 3.05) is 0 Å². The fourth-order valence-electron chi connectivity index (χ4n) is 0.890. The Kier molecular flexibility index (Phi) is 2.61. The van der Waals surface area contributed by atoms with E-state index >= 15 is 0 Å². The molecule has 0 spiro atoms. The van der Waals surface area contributed by atoms with Crippen LogP contribution in [0.1, 0.15) is 27.6 Å². The molecule has 0 aliphatic carbocycles. The number of Topliss-reactive ketones (excluding diaryl/α,β-unsaturated/α-hetero) is 1. The van der Waals surface area contributed by atoms with Gasteiger partial charge in [0.15, 0.2) is 5.78 Å². The molecule has 1 aromatic carbocycles. The molecule has 0 unspecified atom stereocenters. The Bertz CT molecular complexity index is 331. The lowest BCUT2D eigenvalue weighted by Crippen LogP contribution is -1.93. The first kappa shape index (κ1) is 8.94. The second-order valence-electron chi connectivity index (χ2n) is 2.41. The van der Waals surface area contributed by atoms with E-state index in [2.05, 4.69) is 0 Å². The van der Waals surface area contributed by atoms with Gasteiger partial charge in [-0.1, -0.05) is 17.7 Å². The standard InChI is InChI=1S/C9H7ClO2/c1-6(12)8-3-2-7(5-11)4-9(8)10/h2-5H,1H3. The number of rotatable bonds is 2. The van der Waals surface area contributed by atoms with Crippen LogP contribution in [-0.2, 0) is 0 Å². The van der Waals surface area contributed by atoms with Gasteiger partial charge in [-0.05, 0) is 19.1 Å². The number of hydrogen-bond acceptors (Lipinski definition) is 2. The molecule has 62 valence electrons. The van der Waals surface area contributed by atoms with Crippen LogP contribution in [0.25, 0.3) is 0 Å². The Hall–Kier alpha value is -1.15. The summed E-state index contributed by atoms with van der Waals surface area (Å²) in [6.07, 6.45) is 0.690. The lowest BCUT2D eigenvalue weighted by molar-refractivity contribution is 0.101. The van der Waals surface area contributed by atoms with Crippen LogP contribution in [0.2, 0.25) is 5.02 Å². The second kappa shape index (κ2) is 3.50. The van der Waals surface area contributed by atoms with E-state index in [1.165, 1.54) is 13.0 Å². The van der Waals surface area contributed by atoms with E-state index in [0.29, 0.717) is 22.4 Å². The van der Waals surface area contributed by atoms with Crippen molar-refractivity contribution in [2.24, 2.45) is 0 Å². The van der Waals surface area contributed by atoms with Gasteiger partial charge >= 0.3 is 0 Å². The summed E-state index contributed by atoms with van der Waals surface area (Å²) in [5.41, 5.74) is 0.923. The van der Waals surface area contributed by atoms with Gasteiger partial charge in [0.1, 0.15) is 6.29 Å². The molecule has 1 rings (SSSR count). The molecule has 0 atom stereocenters. The Morgan fingerprint density at radius 2 is 2.17 bits per heavy atom. The van der Waals surface area contributed by atoms with Crippen molar-refractivity contribution in [3.05, 3.63) is 34.3 Å². The zero-order valence-electron chi connectivity index (χ0n) is 6.50. The molecule has 0 amide bonds. The Morgan fingerprint density at radius 3 is 2.58 bits per heavy atom. The fourth-order valence-corrected chi connectivity index (χ4v) is 1.21. The number of carbonyl (C=O) groups is 2. The van der Waals surface area contributed by atoms with Crippen LogP contribution in [0.15, 0.2) is 18.2 Å². The third-order valence-electron chi connectivity index (χ3n) is 1.51. The maximum Gasteiger partial charge on any atom is 0.161 e. The molecule has 0 saturated carbocycles. The zero-order valence-corrected chi connectivity index (χ0v) is 7.26. The summed E-state index contributed by atoms with van der Waals surface area (Å²) in [5.74, 6) is -0.0996. The minimum absolute atomic E-state index is 0.0996. The smallest absolute Gasteiger partial charge is 0.161 e. The zero-order chi connectivity index (χ0) is 9.14. The van der Waals surface area contributed by atoms with Gasteiger partial charge in [-0.25, -0.2) is 0 Å². The lowest BCUT2D eigenvalue weighted by atomic mass is 10.1. The maximum atomic E-state index is 10.9. The van der Waals surface area contributed by atoms with E-state index in [-0.39, 0.29) is 5.78 Å². The van der Waals surface area contributed by atoms with Gasteiger partial charge in [0.25, 0.3) is 0 Å². The van der Waals surface area contributed by atoms with Crippen LogP contribution in [0.3, 0.4) is 0 Å². The van der Waals surface area contributed by atoms with Crippen molar-refractivity contribution in [2.45, 2.75) is 6.92 Å². The van der Waals surface area contributed by atoms with E-state index in [4.69, 9.17) is 11.6 Å². The second-order valence-corrected chi connectivity index (χ2v) is 2.82. The summed E-state index contributed by atoms with van der Waals surface area (Å²) in [6.45, 7) is 1.43. The molecular weight excluding hydrogens is 176 g/mol. The summed E-state index contributed by atoms with van der Waals surface area (Å²) < 4.78 is 0. The first-order valence-electron chi connectivity index (χ1n) is 3.41. The molecule has 0 aliphatic heterocycles. The first-order chi connectivity index (χ1) is 5.65. The van der Waals surface area contributed by atoms with Crippen LogP contribution in [0.4, 0.5) is 0 Å². The number of ketones is 1. The molecule has 0 heterocycles. The summed E-state index contributed by atoms with van der Waals surface area (Å²) >= 11 is 5.72. The quantitative estimate of drug-likeness (QED) is 0.520. The van der Waals surface area contributed by atoms with Crippen LogP contribution >= 0.6 is 11.6 Å². The van der Waals surface area contributed by atoms with Gasteiger partial charge in [-0.2, -0.15) is 0 Å². The summed E-state index contributed by atoms with van der Waals surface area (Å²) in [5, 5.41) is 0.326. The lowest BCUT2D eigenvalue weighted by Gasteiger charge is -1.98. The molecule has 0 aromatic heterocycles. The van der Waals surface area contributed by atoms with E-state index in [1.54, 1.807) is 12.1 Å². The van der Waals surface area contributed by atoms with E-state index in [0.717, 1.165) is 0 Å². The molecule has 0 fully saturated rings. The van der Waals surface area contributed by atoms with Crippen molar-refractivity contribution < 1.29 is 9.59 Å². The van der Waals surface area contributed by atoms with Crippen LogP contribution in [0, 0.1) is 0 Å². The normalized spacial score (nSPS) is 9.50. The van der Waals surface area contributed by atoms with Crippen molar-refractivity contribution in [1.82, 2.24) is 0 Å². The number of benzene rings is 1. The van der Waals surface area contributed by atoms with E-state index < -0.39 is 0 Å². The Morgan fingerprint density at radius 1 is 1.50 bits per heavy atom. The van der Waals surface area contributed by atoms with Crippen molar-refractivity contribution >= 4 is 23.7 Å². The highest BCUT2D eigenvalue weighted by atomic mass is 35.5. The van der Waals surface area contributed by atoms with Gasteiger partial charge < -0.3 is 0 Å². The van der Waals surface area contributed by atoms with Crippen LogP contribution in [0.5, 0.6) is 0 Å². The molecule has 3 heteroatoms. The van der Waals surface area contributed by atoms with Crippen molar-refractivity contribution in [3.63, 3.8) is 0 Å². The molecular formula is C9H7ClO2. The number of hydrogen-bond donors (Lipinski definition) is 0. The van der Waals surface area contributed by atoms with Crippen molar-refractivity contribution in [1.29, 1.82) is 0 Å². The topological polar surface area (TPSA) is 34.1 Å². The average Bonchev–Trinajstić information content (AvgIpc) is 2.03. The summed E-state index contributed by atoms with van der Waals surface area (Å²) in [7, 11) is 0. The Labute approximate surface area is 75.2 Å². The third-order valence-corrected chi connectivity index (χ3v) is 1.82. The van der Waals surface area contributed by atoms with Crippen molar-refractivity contribution in [3.8, 4) is 0 Å². The third kappa shape index (κ3) is 1.71. The minimum Gasteiger partial charge on any atom is -0.298 e. The maximum absolute atomic E-state index is 10.9. The molecule has 1 aromatic rings. The first-order valence-corrected chi connectivity index (χ1v) is 3.78. The van der Waals surface area contributed by atoms with Gasteiger partial charge in [0.05, 0.1) is 5.02 Å². The number of aldehydes is 1. The van der Waals surface area contributed by atoms with Gasteiger partial charge in [0.2, 0.25) is 0 Å². The summed E-state index contributed by atoms with van der Waals surface area (Å²) in [4.78, 5) is 21.2. The van der Waals surface area contributed by atoms with Crippen LogP contribution in [-0.4, -0.2) is 12.1 Å². The average molecular weight is 183 g/mol. The molecule has 2 nitrogen and oxygen atoms in total. The molecule has 0 radical (unpaired) electrons. The molecule has 0 N–H and O–H groups in total. The van der Waals surface area contributed by atoms with Crippen LogP contribution < -0.4 is 0 Å². The van der Waals surface area contributed by atoms with Gasteiger partial charge in [-0.3, -0.25) is 9.59 Å². The predicted octanol–water partition coefficient (Wildman–Crippen LogP) is 2.36.